The van der Waals surface area contributed by atoms with Crippen LogP contribution in [0.4, 0.5) is 0 Å². The summed E-state index contributed by atoms with van der Waals surface area (Å²) in [5.41, 5.74) is 10.4. The van der Waals surface area contributed by atoms with Crippen molar-refractivity contribution in [1.82, 2.24) is 4.90 Å². The number of amidine groups is 1. The number of rotatable bonds is 3. The summed E-state index contributed by atoms with van der Waals surface area (Å²) >= 11 is 1.41. The Morgan fingerprint density at radius 3 is 2.88 bits per heavy atom. The molecule has 5 N–H and O–H groups in total. The number of thioether (sulfide) groups is 1. The molecule has 1 atom stereocenters. The SMILES string of the molecule is CN1CCCCC1CCSC(=N)N=C(N)N. The molecule has 0 aromatic heterocycles. The second-order valence-corrected chi connectivity index (χ2v) is 5.19. The average molecular weight is 243 g/mol. The minimum atomic E-state index is -0.0349. The third kappa shape index (κ3) is 4.85. The smallest absolute Gasteiger partial charge is 0.193 e. The van der Waals surface area contributed by atoms with E-state index >= 15 is 0 Å². The Labute approximate surface area is 101 Å². The molecule has 5 nitrogen and oxygen atoms in total. The summed E-state index contributed by atoms with van der Waals surface area (Å²) < 4.78 is 0. The van der Waals surface area contributed by atoms with E-state index in [4.69, 9.17) is 16.9 Å². The third-order valence-corrected chi connectivity index (χ3v) is 3.65. The Bertz CT molecular complexity index is 262. The van der Waals surface area contributed by atoms with Crippen molar-refractivity contribution in [3.05, 3.63) is 0 Å². The zero-order valence-electron chi connectivity index (χ0n) is 9.78. The Hall–Kier alpha value is -0.750. The van der Waals surface area contributed by atoms with Crippen molar-refractivity contribution in [3.8, 4) is 0 Å². The van der Waals surface area contributed by atoms with Gasteiger partial charge < -0.3 is 16.4 Å². The monoisotopic (exact) mass is 243 g/mol. The van der Waals surface area contributed by atoms with E-state index in [0.717, 1.165) is 12.2 Å². The van der Waals surface area contributed by atoms with Crippen LogP contribution >= 0.6 is 11.8 Å². The lowest BCUT2D eigenvalue weighted by Crippen LogP contribution is -2.36. The molecule has 0 aromatic rings. The molecule has 1 unspecified atom stereocenters. The minimum absolute atomic E-state index is 0.0349. The number of hydrogen-bond acceptors (Lipinski definition) is 3. The number of guanidine groups is 1. The highest BCUT2D eigenvalue weighted by molar-refractivity contribution is 8.13. The fourth-order valence-electron chi connectivity index (χ4n) is 1.95. The van der Waals surface area contributed by atoms with Crippen molar-refractivity contribution in [1.29, 1.82) is 5.41 Å². The van der Waals surface area contributed by atoms with Gasteiger partial charge in [-0.05, 0) is 32.9 Å². The van der Waals surface area contributed by atoms with Crippen LogP contribution in [-0.4, -0.2) is 41.4 Å². The van der Waals surface area contributed by atoms with Gasteiger partial charge in [0.15, 0.2) is 11.1 Å². The van der Waals surface area contributed by atoms with Gasteiger partial charge in [0.2, 0.25) is 0 Å². The van der Waals surface area contributed by atoms with Gasteiger partial charge in [-0.2, -0.15) is 4.99 Å². The summed E-state index contributed by atoms with van der Waals surface area (Å²) in [5.74, 6) is 0.872. The number of piperidine rings is 1. The number of aliphatic imine (C=N–C) groups is 1. The Morgan fingerprint density at radius 2 is 2.25 bits per heavy atom. The number of likely N-dealkylation sites (tertiary alicyclic amines) is 1. The van der Waals surface area contributed by atoms with Crippen LogP contribution in [0, 0.1) is 5.41 Å². The minimum Gasteiger partial charge on any atom is -0.370 e. The maximum atomic E-state index is 7.49. The molecular formula is C10H21N5S. The van der Waals surface area contributed by atoms with Crippen molar-refractivity contribution in [2.75, 3.05) is 19.3 Å². The zero-order valence-corrected chi connectivity index (χ0v) is 10.6. The first-order valence-corrected chi connectivity index (χ1v) is 6.59. The molecule has 6 heteroatoms. The highest BCUT2D eigenvalue weighted by atomic mass is 32.2. The fourth-order valence-corrected chi connectivity index (χ4v) is 2.70. The summed E-state index contributed by atoms with van der Waals surface area (Å²) in [6, 6.07) is 0.660. The maximum Gasteiger partial charge on any atom is 0.193 e. The van der Waals surface area contributed by atoms with Gasteiger partial charge in [0.05, 0.1) is 0 Å². The first kappa shape index (κ1) is 13.3. The van der Waals surface area contributed by atoms with Crippen LogP contribution in [0.5, 0.6) is 0 Å². The Morgan fingerprint density at radius 1 is 1.50 bits per heavy atom. The van der Waals surface area contributed by atoms with Gasteiger partial charge in [0.1, 0.15) is 0 Å². The molecule has 0 bridgehead atoms. The molecule has 1 fully saturated rings. The predicted molar refractivity (Wildman–Crippen MR) is 70.9 cm³/mol. The molecule has 16 heavy (non-hydrogen) atoms. The van der Waals surface area contributed by atoms with Gasteiger partial charge in [0, 0.05) is 11.8 Å². The van der Waals surface area contributed by atoms with Crippen molar-refractivity contribution in [2.24, 2.45) is 16.5 Å². The summed E-state index contributed by atoms with van der Waals surface area (Å²) in [5, 5.41) is 7.70. The normalized spacial score (nSPS) is 21.7. The molecule has 0 spiro atoms. The van der Waals surface area contributed by atoms with Gasteiger partial charge in [-0.3, -0.25) is 5.41 Å². The number of nitrogens with zero attached hydrogens (tertiary/aromatic N) is 2. The maximum absolute atomic E-state index is 7.49. The van der Waals surface area contributed by atoms with E-state index in [0.29, 0.717) is 6.04 Å². The van der Waals surface area contributed by atoms with Gasteiger partial charge >= 0.3 is 0 Å². The van der Waals surface area contributed by atoms with E-state index in [9.17, 15) is 0 Å². The molecule has 0 radical (unpaired) electrons. The Balaban J connectivity index is 2.19. The van der Waals surface area contributed by atoms with Gasteiger partial charge in [-0.1, -0.05) is 18.2 Å². The zero-order chi connectivity index (χ0) is 12.0. The topological polar surface area (TPSA) is 91.5 Å². The largest absolute Gasteiger partial charge is 0.370 e. The van der Waals surface area contributed by atoms with Crippen molar-refractivity contribution in [3.63, 3.8) is 0 Å². The summed E-state index contributed by atoms with van der Waals surface area (Å²) in [7, 11) is 2.18. The standard InChI is InChI=1S/C10H21N5S/c1-15-6-3-2-4-8(15)5-7-16-10(13)14-9(11)12/h8H,2-7H2,1H3,(H5,11,12,13,14). The molecule has 0 aromatic carbocycles. The van der Waals surface area contributed by atoms with E-state index in [-0.39, 0.29) is 11.1 Å². The van der Waals surface area contributed by atoms with E-state index < -0.39 is 0 Å². The number of nitrogens with two attached hydrogens (primary N) is 2. The van der Waals surface area contributed by atoms with E-state index in [1.165, 1.54) is 37.6 Å². The van der Waals surface area contributed by atoms with E-state index in [1.807, 2.05) is 0 Å². The molecule has 1 heterocycles. The molecule has 92 valence electrons. The molecular weight excluding hydrogens is 222 g/mol. The van der Waals surface area contributed by atoms with Crippen LogP contribution in [0.3, 0.4) is 0 Å². The van der Waals surface area contributed by atoms with Crippen LogP contribution in [0.15, 0.2) is 4.99 Å². The van der Waals surface area contributed by atoms with Gasteiger partial charge in [-0.15, -0.1) is 0 Å². The molecule has 1 aliphatic rings. The third-order valence-electron chi connectivity index (χ3n) is 2.84. The highest BCUT2D eigenvalue weighted by Gasteiger charge is 2.18. The van der Waals surface area contributed by atoms with Gasteiger partial charge in [0.25, 0.3) is 0 Å². The first-order valence-electron chi connectivity index (χ1n) is 5.61. The molecule has 1 rings (SSSR count). The molecule has 1 aliphatic heterocycles. The van der Waals surface area contributed by atoms with Crippen molar-refractivity contribution < 1.29 is 0 Å². The van der Waals surface area contributed by atoms with Crippen molar-refractivity contribution in [2.45, 2.75) is 31.7 Å². The van der Waals surface area contributed by atoms with Crippen LogP contribution < -0.4 is 11.5 Å². The second kappa shape index (κ2) is 6.75. The molecule has 0 aliphatic carbocycles. The fraction of sp³-hybridized carbons (Fsp3) is 0.800. The average Bonchev–Trinajstić information content (AvgIpc) is 2.19. The predicted octanol–water partition coefficient (Wildman–Crippen LogP) is 0.802. The van der Waals surface area contributed by atoms with Crippen LogP contribution in [0.1, 0.15) is 25.7 Å². The molecule has 1 saturated heterocycles. The number of nitrogens with one attached hydrogen (secondary N) is 1. The lowest BCUT2D eigenvalue weighted by atomic mass is 10.0. The van der Waals surface area contributed by atoms with Crippen LogP contribution in [0.25, 0.3) is 0 Å². The van der Waals surface area contributed by atoms with Crippen LogP contribution in [0.2, 0.25) is 0 Å². The second-order valence-electron chi connectivity index (χ2n) is 4.11. The first-order chi connectivity index (χ1) is 7.59. The molecule has 0 amide bonds. The lowest BCUT2D eigenvalue weighted by Gasteiger charge is -2.32. The summed E-state index contributed by atoms with van der Waals surface area (Å²) in [6.07, 6.45) is 5.01. The van der Waals surface area contributed by atoms with E-state index in [1.54, 1.807) is 0 Å². The summed E-state index contributed by atoms with van der Waals surface area (Å²) in [4.78, 5) is 6.09. The lowest BCUT2D eigenvalue weighted by molar-refractivity contribution is 0.182. The van der Waals surface area contributed by atoms with Gasteiger partial charge in [-0.25, -0.2) is 0 Å². The van der Waals surface area contributed by atoms with Crippen LogP contribution in [-0.2, 0) is 0 Å². The van der Waals surface area contributed by atoms with E-state index in [2.05, 4.69) is 16.9 Å². The van der Waals surface area contributed by atoms with Crippen molar-refractivity contribution >= 4 is 22.9 Å². The summed E-state index contributed by atoms with van der Waals surface area (Å²) in [6.45, 7) is 1.20. The number of hydrogen-bond donors (Lipinski definition) is 3. The molecule has 0 saturated carbocycles. The Kier molecular flexibility index (Phi) is 5.62. The highest BCUT2D eigenvalue weighted by Crippen LogP contribution is 2.19. The quantitative estimate of drug-likeness (QED) is 0.505.